The number of β-amino-alcohol motifs (C(OH)–C–C–N with tert-alkyl or cyclic N) is 1. The largest absolute Gasteiger partial charge is 0.458 e. The molecule has 0 aromatic carbocycles. The maximum atomic E-state index is 10.5. The summed E-state index contributed by atoms with van der Waals surface area (Å²) in [7, 11) is 0. The Kier molecular flexibility index (Phi) is 4.81. The summed E-state index contributed by atoms with van der Waals surface area (Å²) < 4.78 is 5.98. The first kappa shape index (κ1) is 18.3. The van der Waals surface area contributed by atoms with Crippen molar-refractivity contribution < 1.29 is 9.52 Å². The second-order valence-electron chi connectivity index (χ2n) is 8.31. The van der Waals surface area contributed by atoms with Crippen molar-refractivity contribution in [2.24, 2.45) is 5.41 Å². The van der Waals surface area contributed by atoms with Gasteiger partial charge in [0.15, 0.2) is 5.76 Å². The first-order valence-electron chi connectivity index (χ1n) is 10.2. The van der Waals surface area contributed by atoms with E-state index in [-0.39, 0.29) is 11.5 Å². The van der Waals surface area contributed by atoms with Crippen LogP contribution in [0.4, 0.5) is 5.82 Å². The molecule has 2 aliphatic heterocycles. The minimum absolute atomic E-state index is 0.135. The van der Waals surface area contributed by atoms with Crippen molar-refractivity contribution in [1.29, 1.82) is 0 Å². The monoisotopic (exact) mass is 394 g/mol. The molecule has 5 rings (SSSR count). The van der Waals surface area contributed by atoms with Crippen LogP contribution in [0.5, 0.6) is 0 Å². The van der Waals surface area contributed by atoms with E-state index in [4.69, 9.17) is 4.42 Å². The van der Waals surface area contributed by atoms with Crippen LogP contribution in [-0.4, -0.2) is 62.5 Å². The number of aromatic amines is 1. The molecule has 2 aliphatic rings. The maximum Gasteiger partial charge on any atom is 0.152 e. The highest BCUT2D eigenvalue weighted by molar-refractivity contribution is 5.51. The van der Waals surface area contributed by atoms with Crippen molar-refractivity contribution in [3.8, 4) is 11.5 Å². The molecule has 3 aromatic rings. The van der Waals surface area contributed by atoms with Crippen molar-refractivity contribution in [3.05, 3.63) is 48.7 Å². The van der Waals surface area contributed by atoms with Gasteiger partial charge in [0.2, 0.25) is 0 Å². The average Bonchev–Trinajstić information content (AvgIpc) is 3.42. The number of hydrogen-bond acceptors (Lipinski definition) is 7. The maximum absolute atomic E-state index is 10.5. The summed E-state index contributed by atoms with van der Waals surface area (Å²) in [6.07, 6.45) is 9.59. The molecule has 8 nitrogen and oxygen atoms in total. The van der Waals surface area contributed by atoms with E-state index in [0.29, 0.717) is 6.54 Å². The molecule has 0 bridgehead atoms. The van der Waals surface area contributed by atoms with Crippen molar-refractivity contribution in [2.45, 2.75) is 31.9 Å². The Morgan fingerprint density at radius 1 is 1.17 bits per heavy atom. The van der Waals surface area contributed by atoms with Crippen LogP contribution < -0.4 is 4.90 Å². The average molecular weight is 394 g/mol. The number of nitrogens with zero attached hydrogens (tertiary/aromatic N) is 5. The molecule has 1 unspecified atom stereocenters. The number of aliphatic hydroxyl groups excluding tert-OH is 1. The van der Waals surface area contributed by atoms with Crippen LogP contribution in [0.3, 0.4) is 0 Å². The van der Waals surface area contributed by atoms with Crippen molar-refractivity contribution >= 4 is 5.82 Å². The number of piperidine rings is 2. The normalized spacial score (nSPS) is 22.2. The summed E-state index contributed by atoms with van der Waals surface area (Å²) in [5, 5.41) is 17.4. The fourth-order valence-electron chi connectivity index (χ4n) is 4.75. The zero-order valence-corrected chi connectivity index (χ0v) is 16.4. The SMILES string of the molecule is OC1CN(c2cnccn2)CC2(CCN(Cc3ccc(-c4ccn[nH]4)o3)CC2)C1. The van der Waals surface area contributed by atoms with E-state index in [1.165, 1.54) is 0 Å². The first-order valence-corrected chi connectivity index (χ1v) is 10.2. The summed E-state index contributed by atoms with van der Waals surface area (Å²) in [6.45, 7) is 4.37. The molecule has 3 aromatic heterocycles. The minimum Gasteiger partial charge on any atom is -0.458 e. The molecule has 0 radical (unpaired) electrons. The quantitative estimate of drug-likeness (QED) is 0.701. The van der Waals surface area contributed by atoms with Gasteiger partial charge in [-0.05, 0) is 56.0 Å². The molecule has 152 valence electrons. The third kappa shape index (κ3) is 3.90. The van der Waals surface area contributed by atoms with E-state index >= 15 is 0 Å². The van der Waals surface area contributed by atoms with E-state index < -0.39 is 0 Å². The summed E-state index contributed by atoms with van der Waals surface area (Å²) in [5.41, 5.74) is 1.03. The number of aliphatic hydroxyl groups is 1. The fraction of sp³-hybridized carbons (Fsp3) is 0.476. The molecule has 29 heavy (non-hydrogen) atoms. The zero-order chi connectivity index (χ0) is 19.7. The van der Waals surface area contributed by atoms with Gasteiger partial charge in [-0.3, -0.25) is 15.0 Å². The Morgan fingerprint density at radius 3 is 2.83 bits per heavy atom. The lowest BCUT2D eigenvalue weighted by molar-refractivity contribution is 0.0229. The van der Waals surface area contributed by atoms with Crippen LogP contribution in [-0.2, 0) is 6.54 Å². The number of furan rings is 1. The van der Waals surface area contributed by atoms with Crippen LogP contribution in [0.2, 0.25) is 0 Å². The second-order valence-corrected chi connectivity index (χ2v) is 8.31. The van der Waals surface area contributed by atoms with Crippen LogP contribution in [0, 0.1) is 5.41 Å². The molecule has 1 spiro atoms. The highest BCUT2D eigenvalue weighted by Crippen LogP contribution is 2.41. The molecule has 2 N–H and O–H groups in total. The van der Waals surface area contributed by atoms with Crippen molar-refractivity contribution in [2.75, 3.05) is 31.1 Å². The van der Waals surface area contributed by atoms with Gasteiger partial charge in [-0.15, -0.1) is 0 Å². The first-order chi connectivity index (χ1) is 14.2. The summed E-state index contributed by atoms with van der Waals surface area (Å²) in [6, 6.07) is 5.94. The summed E-state index contributed by atoms with van der Waals surface area (Å²) in [4.78, 5) is 13.3. The lowest BCUT2D eigenvalue weighted by Gasteiger charge is -2.49. The molecule has 2 saturated heterocycles. The lowest BCUT2D eigenvalue weighted by atomic mass is 9.71. The molecule has 0 amide bonds. The summed E-state index contributed by atoms with van der Waals surface area (Å²) in [5.74, 6) is 2.64. The Hall–Kier alpha value is -2.71. The fourth-order valence-corrected chi connectivity index (χ4v) is 4.75. The zero-order valence-electron chi connectivity index (χ0n) is 16.4. The topological polar surface area (TPSA) is 94.3 Å². The van der Waals surface area contributed by atoms with Gasteiger partial charge in [0.05, 0.1) is 18.8 Å². The van der Waals surface area contributed by atoms with E-state index in [1.807, 2.05) is 18.2 Å². The number of H-pyrrole nitrogens is 1. The number of anilines is 1. The number of rotatable bonds is 4. The van der Waals surface area contributed by atoms with Gasteiger partial charge >= 0.3 is 0 Å². The van der Waals surface area contributed by atoms with Gasteiger partial charge < -0.3 is 14.4 Å². The number of likely N-dealkylation sites (tertiary alicyclic amines) is 1. The van der Waals surface area contributed by atoms with Gasteiger partial charge in [0, 0.05) is 31.7 Å². The molecule has 1 atom stereocenters. The number of hydrogen-bond donors (Lipinski definition) is 2. The van der Waals surface area contributed by atoms with Gasteiger partial charge in [0.1, 0.15) is 17.3 Å². The molecule has 0 saturated carbocycles. The third-order valence-corrected chi connectivity index (χ3v) is 6.22. The standard InChI is InChI=1S/C21H26N6O2/c28-16-11-21(15-27(13-16)20-12-22-7-8-23-20)4-9-26(10-5-21)14-17-1-2-19(29-17)18-3-6-24-25-18/h1-3,6-8,12,16,28H,4-5,9-11,13-15H2,(H,24,25). The molecule has 0 aliphatic carbocycles. The molecular weight excluding hydrogens is 368 g/mol. The molecule has 2 fully saturated rings. The third-order valence-electron chi connectivity index (χ3n) is 6.22. The lowest BCUT2D eigenvalue weighted by Crippen LogP contribution is -2.54. The summed E-state index contributed by atoms with van der Waals surface area (Å²) >= 11 is 0. The van der Waals surface area contributed by atoms with Gasteiger partial charge in [-0.1, -0.05) is 0 Å². The van der Waals surface area contributed by atoms with E-state index in [2.05, 4.69) is 30.0 Å². The molecule has 5 heterocycles. The van der Waals surface area contributed by atoms with E-state index in [1.54, 1.807) is 24.8 Å². The Labute approximate surface area is 169 Å². The minimum atomic E-state index is -0.320. The van der Waals surface area contributed by atoms with Crippen molar-refractivity contribution in [3.63, 3.8) is 0 Å². The number of aromatic nitrogens is 4. The smallest absolute Gasteiger partial charge is 0.152 e. The van der Waals surface area contributed by atoms with Gasteiger partial charge in [-0.2, -0.15) is 5.10 Å². The van der Waals surface area contributed by atoms with Gasteiger partial charge in [-0.25, -0.2) is 4.98 Å². The number of nitrogens with one attached hydrogen (secondary N) is 1. The molecule has 8 heteroatoms. The van der Waals surface area contributed by atoms with E-state index in [9.17, 15) is 5.11 Å². The predicted molar refractivity (Wildman–Crippen MR) is 108 cm³/mol. The Morgan fingerprint density at radius 2 is 2.07 bits per heavy atom. The van der Waals surface area contributed by atoms with Crippen LogP contribution >= 0.6 is 0 Å². The van der Waals surface area contributed by atoms with Crippen LogP contribution in [0.25, 0.3) is 11.5 Å². The van der Waals surface area contributed by atoms with E-state index in [0.717, 1.165) is 68.5 Å². The highest BCUT2D eigenvalue weighted by Gasteiger charge is 2.42. The molecular formula is C21H26N6O2. The highest BCUT2D eigenvalue weighted by atomic mass is 16.3. The predicted octanol–water partition coefficient (Wildman–Crippen LogP) is 2.31. The van der Waals surface area contributed by atoms with Crippen LogP contribution in [0.15, 0.2) is 47.4 Å². The van der Waals surface area contributed by atoms with Gasteiger partial charge in [0.25, 0.3) is 0 Å². The Balaban J connectivity index is 1.21. The Bertz CT molecular complexity index is 918. The van der Waals surface area contributed by atoms with Crippen LogP contribution in [0.1, 0.15) is 25.0 Å². The van der Waals surface area contributed by atoms with Crippen molar-refractivity contribution in [1.82, 2.24) is 25.1 Å². The second kappa shape index (κ2) is 7.61.